The predicted octanol–water partition coefficient (Wildman–Crippen LogP) is 2.51. The van der Waals surface area contributed by atoms with Crippen LogP contribution >= 0.6 is 0 Å². The van der Waals surface area contributed by atoms with Crippen LogP contribution in [0, 0.1) is 0 Å². The molecule has 9 heteroatoms. The smallest absolute Gasteiger partial charge is 0.301 e. The minimum Gasteiger partial charge on any atom is -0.325 e. The van der Waals surface area contributed by atoms with Gasteiger partial charge in [0.25, 0.3) is 5.96 Å². The second kappa shape index (κ2) is 6.81. The molecule has 0 aliphatic carbocycles. The molecule has 5 heterocycles. The van der Waals surface area contributed by atoms with Crippen molar-refractivity contribution in [2.24, 2.45) is 15.1 Å². The van der Waals surface area contributed by atoms with Gasteiger partial charge in [-0.05, 0) is 74.1 Å². The summed E-state index contributed by atoms with van der Waals surface area (Å²) < 4.78 is 0.133. The van der Waals surface area contributed by atoms with Gasteiger partial charge in [0.2, 0.25) is 5.91 Å². The van der Waals surface area contributed by atoms with Crippen LogP contribution in [0.5, 0.6) is 0 Å². The van der Waals surface area contributed by atoms with Crippen molar-refractivity contribution in [3.63, 3.8) is 0 Å². The van der Waals surface area contributed by atoms with Gasteiger partial charge in [-0.2, -0.15) is 0 Å². The molecule has 0 spiro atoms. The van der Waals surface area contributed by atoms with E-state index in [1.165, 1.54) is 12.8 Å². The summed E-state index contributed by atoms with van der Waals surface area (Å²) in [4.78, 5) is 23.8. The van der Waals surface area contributed by atoms with E-state index < -0.39 is 5.41 Å². The molecule has 3 N–H and O–H groups in total. The van der Waals surface area contributed by atoms with Gasteiger partial charge in [0.05, 0.1) is 17.7 Å². The molecule has 32 heavy (non-hydrogen) atoms. The van der Waals surface area contributed by atoms with Crippen molar-refractivity contribution in [2.45, 2.75) is 63.1 Å². The van der Waals surface area contributed by atoms with Crippen molar-refractivity contribution in [3.05, 3.63) is 36.2 Å². The van der Waals surface area contributed by atoms with Gasteiger partial charge in [0.1, 0.15) is 6.21 Å². The number of hydrogen-bond donors (Lipinski definition) is 3. The van der Waals surface area contributed by atoms with E-state index in [-0.39, 0.29) is 10.6 Å². The lowest BCUT2D eigenvalue weighted by atomic mass is 9.86. The molecule has 4 atom stereocenters. The largest absolute Gasteiger partial charge is 0.325 e. The Bertz CT molecular complexity index is 1100. The van der Waals surface area contributed by atoms with Crippen LogP contribution in [0.1, 0.15) is 45.1 Å². The Morgan fingerprint density at radius 2 is 2.00 bits per heavy atom. The van der Waals surface area contributed by atoms with Gasteiger partial charge in [-0.3, -0.25) is 9.79 Å². The summed E-state index contributed by atoms with van der Waals surface area (Å²) >= 11 is 0. The molecular formula is C23H29N8O+. The van der Waals surface area contributed by atoms with Crippen LogP contribution in [0.15, 0.2) is 45.7 Å². The van der Waals surface area contributed by atoms with Gasteiger partial charge in [0, 0.05) is 23.5 Å². The van der Waals surface area contributed by atoms with E-state index in [9.17, 15) is 4.79 Å². The zero-order chi connectivity index (χ0) is 22.1. The molecule has 0 saturated carbocycles. The lowest BCUT2D eigenvalue weighted by Crippen LogP contribution is -2.60. The van der Waals surface area contributed by atoms with E-state index in [1.54, 1.807) is 12.4 Å². The number of amides is 1. The maximum absolute atomic E-state index is 12.3. The first-order valence-corrected chi connectivity index (χ1v) is 11.4. The molecular weight excluding hydrogens is 404 g/mol. The molecule has 0 aromatic heterocycles. The molecule has 5 aliphatic heterocycles. The first-order chi connectivity index (χ1) is 15.3. The molecule has 0 radical (unpaired) electrons. The molecule has 2 fully saturated rings. The van der Waals surface area contributed by atoms with Gasteiger partial charge in [0.15, 0.2) is 6.20 Å². The van der Waals surface area contributed by atoms with Gasteiger partial charge in [-0.25, -0.2) is 0 Å². The summed E-state index contributed by atoms with van der Waals surface area (Å²) in [6.45, 7) is 3.87. The highest BCUT2D eigenvalue weighted by Crippen LogP contribution is 2.39. The Morgan fingerprint density at radius 3 is 2.78 bits per heavy atom. The molecule has 1 aromatic carbocycles. The standard InChI is InChI=1S/C23H28N8O/c1-23(2)18-7-4-14(12-19(18)26-21(23)32)25-22-27-20-13-24-8-9-31(20,29-22)28-15-10-16-5-6-17(11-15)30(16)3/h4,7-9,12-13,15-17,28H,5-6,10-11H2,1-3H3,(H-,25,26,29,32)/p+1/t15?,16-,17+,31?. The fraction of sp³-hybridized carbons (Fsp3) is 0.478. The number of amidine groups is 1. The van der Waals surface area contributed by atoms with Crippen LogP contribution in [0.25, 0.3) is 0 Å². The summed E-state index contributed by atoms with van der Waals surface area (Å²) in [5, 5.41) is 11.2. The molecule has 2 bridgehead atoms. The maximum Gasteiger partial charge on any atom is 0.301 e. The minimum atomic E-state index is -0.520. The molecule has 1 aromatic rings. The topological polar surface area (TPSA) is 93.5 Å². The number of carbonyl (C=O) groups excluding carboxylic acids is 1. The number of nitrogens with zero attached hydrogens (tertiary/aromatic N) is 5. The molecule has 2 saturated heterocycles. The third-order valence-corrected chi connectivity index (χ3v) is 7.62. The molecule has 166 valence electrons. The van der Waals surface area contributed by atoms with E-state index in [4.69, 9.17) is 10.1 Å². The third-order valence-electron chi connectivity index (χ3n) is 7.62. The van der Waals surface area contributed by atoms with Crippen LogP contribution in [-0.2, 0) is 10.2 Å². The fourth-order valence-corrected chi connectivity index (χ4v) is 5.67. The number of aliphatic imine (C=N–C) groups is 2. The Morgan fingerprint density at radius 1 is 1.22 bits per heavy atom. The van der Waals surface area contributed by atoms with Gasteiger partial charge >= 0.3 is 5.84 Å². The van der Waals surface area contributed by atoms with Crippen LogP contribution in [0.4, 0.5) is 11.4 Å². The molecule has 5 aliphatic rings. The number of hydrogen-bond acceptors (Lipinski definition) is 7. The van der Waals surface area contributed by atoms with Crippen LogP contribution in [0.2, 0.25) is 0 Å². The lowest BCUT2D eigenvalue weighted by Gasteiger charge is -2.38. The van der Waals surface area contributed by atoms with Crippen LogP contribution in [-0.4, -0.2) is 58.7 Å². The van der Waals surface area contributed by atoms with E-state index in [0.717, 1.165) is 35.6 Å². The quantitative estimate of drug-likeness (QED) is 0.639. The summed E-state index contributed by atoms with van der Waals surface area (Å²) in [6, 6.07) is 7.55. The molecule has 9 nitrogen and oxygen atoms in total. The number of piperidine rings is 1. The summed E-state index contributed by atoms with van der Waals surface area (Å²) in [6.07, 6.45) is 10.3. The number of guanidine groups is 1. The highest BCUT2D eigenvalue weighted by atomic mass is 16.2. The predicted molar refractivity (Wildman–Crippen MR) is 125 cm³/mol. The Balaban J connectivity index is 1.24. The van der Waals surface area contributed by atoms with Gasteiger partial charge in [-0.15, -0.1) is 10.4 Å². The second-order valence-electron chi connectivity index (χ2n) is 9.97. The number of benzene rings is 1. The average Bonchev–Trinajstić information content (AvgIpc) is 3.27. The third kappa shape index (κ3) is 2.96. The van der Waals surface area contributed by atoms with Gasteiger partial charge in [-0.1, -0.05) is 6.07 Å². The van der Waals surface area contributed by atoms with E-state index in [1.807, 2.05) is 38.2 Å². The SMILES string of the molecule is CN1[C@@H]2CC[C@H]1CC(N[N+]13C=CN=CC1=NC(Nc1ccc4c(c1)NC(=O)C4(C)C)=N3)C2. The number of anilines is 2. The number of carbonyl (C=O) groups is 1. The first kappa shape index (κ1) is 19.8. The second-order valence-corrected chi connectivity index (χ2v) is 9.97. The highest BCUT2D eigenvalue weighted by molar-refractivity contribution is 6.30. The minimum absolute atomic E-state index is 0.0161. The first-order valence-electron chi connectivity index (χ1n) is 11.4. The van der Waals surface area contributed by atoms with E-state index in [0.29, 0.717) is 24.1 Å². The van der Waals surface area contributed by atoms with Crippen molar-refractivity contribution >= 4 is 35.3 Å². The van der Waals surface area contributed by atoms with Crippen molar-refractivity contribution in [3.8, 4) is 0 Å². The van der Waals surface area contributed by atoms with Crippen molar-refractivity contribution in [1.82, 2.24) is 10.3 Å². The van der Waals surface area contributed by atoms with Crippen LogP contribution < -0.4 is 16.1 Å². The van der Waals surface area contributed by atoms with Crippen LogP contribution in [0.3, 0.4) is 0 Å². The van der Waals surface area contributed by atoms with Crippen molar-refractivity contribution in [1.29, 1.82) is 0 Å². The maximum atomic E-state index is 12.3. The highest BCUT2D eigenvalue weighted by Gasteiger charge is 2.47. The summed E-state index contributed by atoms with van der Waals surface area (Å²) in [5.41, 5.74) is 5.89. The zero-order valence-electron chi connectivity index (χ0n) is 18.7. The number of quaternary nitrogens is 1. The lowest BCUT2D eigenvalue weighted by molar-refractivity contribution is -0.843. The van der Waals surface area contributed by atoms with Crippen molar-refractivity contribution < 1.29 is 9.50 Å². The van der Waals surface area contributed by atoms with Crippen molar-refractivity contribution in [2.75, 3.05) is 17.7 Å². The molecule has 1 amide bonds. The number of fused-ring (bicyclic) bond motifs is 4. The zero-order valence-corrected chi connectivity index (χ0v) is 18.7. The monoisotopic (exact) mass is 433 g/mol. The number of nitrogens with one attached hydrogen (secondary N) is 3. The Hall–Kier alpha value is -2.88. The normalized spacial score (nSPS) is 34.1. The van der Waals surface area contributed by atoms with E-state index in [2.05, 4.69) is 33.0 Å². The molecule has 6 rings (SSSR count). The fourth-order valence-electron chi connectivity index (χ4n) is 5.67. The number of rotatable bonds is 3. The van der Waals surface area contributed by atoms with E-state index >= 15 is 0 Å². The van der Waals surface area contributed by atoms with Gasteiger partial charge < -0.3 is 15.5 Å². The molecule has 2 unspecified atom stereocenters. The summed E-state index contributed by atoms with van der Waals surface area (Å²) in [7, 11) is 2.25. The summed E-state index contributed by atoms with van der Waals surface area (Å²) in [5.74, 6) is 1.28. The average molecular weight is 434 g/mol. The Labute approximate surface area is 187 Å². The Kier molecular flexibility index (Phi) is 4.21.